The van der Waals surface area contributed by atoms with Gasteiger partial charge >= 0.3 is 11.9 Å². The summed E-state index contributed by atoms with van der Waals surface area (Å²) in [7, 11) is 0. The molecule has 1 rings (SSSR count). The predicted octanol–water partition coefficient (Wildman–Crippen LogP) is 2.50. The number of hydrogen-bond donors (Lipinski definition) is 0. The summed E-state index contributed by atoms with van der Waals surface area (Å²) in [6, 6.07) is 9.66. The van der Waals surface area contributed by atoms with Crippen molar-refractivity contribution in [3.05, 3.63) is 35.9 Å². The number of hydrogen-bond acceptors (Lipinski definition) is 4. The molecular formula is C15H20O4. The van der Waals surface area contributed by atoms with Gasteiger partial charge < -0.3 is 9.47 Å². The lowest BCUT2D eigenvalue weighted by Gasteiger charge is -2.29. The Balaban J connectivity index is 2.78. The quantitative estimate of drug-likeness (QED) is 0.741. The molecule has 0 amide bonds. The predicted molar refractivity (Wildman–Crippen MR) is 71.6 cm³/mol. The van der Waals surface area contributed by atoms with Gasteiger partial charge in [-0.25, -0.2) is 0 Å². The topological polar surface area (TPSA) is 52.6 Å². The van der Waals surface area contributed by atoms with E-state index in [9.17, 15) is 9.59 Å². The fraction of sp³-hybridized carbons (Fsp3) is 0.467. The van der Waals surface area contributed by atoms with Gasteiger partial charge in [0.2, 0.25) is 0 Å². The lowest BCUT2D eigenvalue weighted by atomic mass is 9.97. The molecule has 1 atom stereocenters. The maximum atomic E-state index is 11.5. The van der Waals surface area contributed by atoms with E-state index in [1.54, 1.807) is 13.8 Å². The normalized spacial score (nSPS) is 13.4. The van der Waals surface area contributed by atoms with Gasteiger partial charge in [-0.2, -0.15) is 0 Å². The third kappa shape index (κ3) is 5.55. The van der Waals surface area contributed by atoms with Gasteiger partial charge in [0.25, 0.3) is 0 Å². The second kappa shape index (κ2) is 6.92. The van der Waals surface area contributed by atoms with Gasteiger partial charge in [0.15, 0.2) is 0 Å². The SMILES string of the molecule is CCC(=O)OC(C)(COC(C)=O)Cc1ccccc1. The highest BCUT2D eigenvalue weighted by molar-refractivity contribution is 5.69. The first kappa shape index (κ1) is 15.2. The number of rotatable bonds is 6. The summed E-state index contributed by atoms with van der Waals surface area (Å²) in [6.07, 6.45) is 0.803. The maximum Gasteiger partial charge on any atom is 0.306 e. The highest BCUT2D eigenvalue weighted by Gasteiger charge is 2.30. The summed E-state index contributed by atoms with van der Waals surface area (Å²) in [5, 5.41) is 0. The number of carbonyl (C=O) groups is 2. The Kier molecular flexibility index (Phi) is 5.55. The fourth-order valence-electron chi connectivity index (χ4n) is 1.75. The zero-order valence-electron chi connectivity index (χ0n) is 11.6. The van der Waals surface area contributed by atoms with Crippen molar-refractivity contribution in [2.24, 2.45) is 0 Å². The monoisotopic (exact) mass is 264 g/mol. The van der Waals surface area contributed by atoms with Gasteiger partial charge in [0.05, 0.1) is 0 Å². The second-order valence-corrected chi connectivity index (χ2v) is 4.72. The zero-order valence-corrected chi connectivity index (χ0v) is 11.6. The fourth-order valence-corrected chi connectivity index (χ4v) is 1.75. The minimum absolute atomic E-state index is 0.0585. The third-order valence-electron chi connectivity index (χ3n) is 2.65. The van der Waals surface area contributed by atoms with Gasteiger partial charge in [-0.1, -0.05) is 37.3 Å². The first-order valence-corrected chi connectivity index (χ1v) is 6.34. The van der Waals surface area contributed by atoms with E-state index in [4.69, 9.17) is 9.47 Å². The Bertz CT molecular complexity index is 427. The number of benzene rings is 1. The van der Waals surface area contributed by atoms with Crippen molar-refractivity contribution in [2.45, 2.75) is 39.2 Å². The van der Waals surface area contributed by atoms with E-state index in [1.807, 2.05) is 30.3 Å². The molecule has 1 unspecified atom stereocenters. The molecule has 0 radical (unpaired) electrons. The summed E-state index contributed by atoms with van der Waals surface area (Å²) in [5.74, 6) is -0.683. The summed E-state index contributed by atoms with van der Waals surface area (Å²) in [6.45, 7) is 4.90. The van der Waals surface area contributed by atoms with Crippen LogP contribution in [0.25, 0.3) is 0 Å². The molecule has 4 heteroatoms. The van der Waals surface area contributed by atoms with E-state index >= 15 is 0 Å². The summed E-state index contributed by atoms with van der Waals surface area (Å²) in [4.78, 5) is 22.4. The van der Waals surface area contributed by atoms with Crippen LogP contribution in [0, 0.1) is 0 Å². The molecule has 0 heterocycles. The van der Waals surface area contributed by atoms with Crippen molar-refractivity contribution >= 4 is 11.9 Å². The second-order valence-electron chi connectivity index (χ2n) is 4.72. The lowest BCUT2D eigenvalue weighted by Crippen LogP contribution is -2.39. The maximum absolute atomic E-state index is 11.5. The van der Waals surface area contributed by atoms with Crippen LogP contribution in [0.2, 0.25) is 0 Å². The molecule has 1 aromatic rings. The molecule has 19 heavy (non-hydrogen) atoms. The average molecular weight is 264 g/mol. The van der Waals surface area contributed by atoms with Crippen molar-refractivity contribution in [3.63, 3.8) is 0 Å². The van der Waals surface area contributed by atoms with E-state index in [1.165, 1.54) is 6.92 Å². The first-order chi connectivity index (χ1) is 8.95. The molecule has 0 fully saturated rings. The molecule has 1 aromatic carbocycles. The van der Waals surface area contributed by atoms with Crippen molar-refractivity contribution in [3.8, 4) is 0 Å². The minimum Gasteiger partial charge on any atom is -0.462 e. The van der Waals surface area contributed by atoms with Crippen LogP contribution in [0.1, 0.15) is 32.8 Å². The Morgan fingerprint density at radius 2 is 1.84 bits per heavy atom. The van der Waals surface area contributed by atoms with Gasteiger partial charge in [-0.15, -0.1) is 0 Å². The molecule has 4 nitrogen and oxygen atoms in total. The molecule has 0 aliphatic heterocycles. The Labute approximate surface area is 113 Å². The summed E-state index contributed by atoms with van der Waals surface area (Å²) in [5.41, 5.74) is 0.196. The molecule has 0 N–H and O–H groups in total. The van der Waals surface area contributed by atoms with Crippen LogP contribution in [-0.2, 0) is 25.5 Å². The highest BCUT2D eigenvalue weighted by Crippen LogP contribution is 2.19. The molecule has 0 aliphatic carbocycles. The van der Waals surface area contributed by atoms with E-state index in [0.717, 1.165) is 5.56 Å². The van der Waals surface area contributed by atoms with Crippen molar-refractivity contribution in [1.82, 2.24) is 0 Å². The van der Waals surface area contributed by atoms with E-state index in [0.29, 0.717) is 12.8 Å². The third-order valence-corrected chi connectivity index (χ3v) is 2.65. The molecule has 0 saturated carbocycles. The van der Waals surface area contributed by atoms with Crippen LogP contribution < -0.4 is 0 Å². The van der Waals surface area contributed by atoms with Gasteiger partial charge in [0, 0.05) is 19.8 Å². The van der Waals surface area contributed by atoms with Crippen molar-refractivity contribution < 1.29 is 19.1 Å². The van der Waals surface area contributed by atoms with Crippen LogP contribution in [0.5, 0.6) is 0 Å². The van der Waals surface area contributed by atoms with Crippen LogP contribution in [0.4, 0.5) is 0 Å². The number of carbonyl (C=O) groups excluding carboxylic acids is 2. The Morgan fingerprint density at radius 3 is 2.37 bits per heavy atom. The van der Waals surface area contributed by atoms with Crippen LogP contribution in [-0.4, -0.2) is 24.1 Å². The Hall–Kier alpha value is -1.84. The Morgan fingerprint density at radius 1 is 1.21 bits per heavy atom. The zero-order chi connectivity index (χ0) is 14.3. The minimum atomic E-state index is -0.833. The van der Waals surface area contributed by atoms with Crippen LogP contribution in [0.15, 0.2) is 30.3 Å². The lowest BCUT2D eigenvalue weighted by molar-refractivity contribution is -0.169. The van der Waals surface area contributed by atoms with E-state index < -0.39 is 5.60 Å². The number of ether oxygens (including phenoxy) is 2. The highest BCUT2D eigenvalue weighted by atomic mass is 16.6. The molecule has 0 aliphatic rings. The van der Waals surface area contributed by atoms with Crippen molar-refractivity contribution in [1.29, 1.82) is 0 Å². The largest absolute Gasteiger partial charge is 0.462 e. The molecule has 0 aromatic heterocycles. The van der Waals surface area contributed by atoms with Gasteiger partial charge in [0.1, 0.15) is 12.2 Å². The molecule has 0 bridgehead atoms. The van der Waals surface area contributed by atoms with E-state index in [2.05, 4.69) is 0 Å². The van der Waals surface area contributed by atoms with E-state index in [-0.39, 0.29) is 18.5 Å². The summed E-state index contributed by atoms with van der Waals surface area (Å²) >= 11 is 0. The molecule has 104 valence electrons. The molecule has 0 saturated heterocycles. The average Bonchev–Trinajstić information content (AvgIpc) is 2.37. The van der Waals surface area contributed by atoms with Crippen LogP contribution in [0.3, 0.4) is 0 Å². The molecule has 0 spiro atoms. The summed E-state index contributed by atoms with van der Waals surface area (Å²) < 4.78 is 10.4. The van der Waals surface area contributed by atoms with Crippen LogP contribution >= 0.6 is 0 Å². The smallest absolute Gasteiger partial charge is 0.306 e. The first-order valence-electron chi connectivity index (χ1n) is 6.34. The number of esters is 2. The van der Waals surface area contributed by atoms with Crippen molar-refractivity contribution in [2.75, 3.05) is 6.61 Å². The van der Waals surface area contributed by atoms with Gasteiger partial charge in [-0.05, 0) is 12.5 Å². The standard InChI is InChI=1S/C15H20O4/c1-4-14(17)19-15(3,11-18-12(2)16)10-13-8-6-5-7-9-13/h5-9H,4,10-11H2,1-3H3. The molecular weight excluding hydrogens is 244 g/mol. The van der Waals surface area contributed by atoms with Gasteiger partial charge in [-0.3, -0.25) is 9.59 Å².